The van der Waals surface area contributed by atoms with Gasteiger partial charge in [-0.3, -0.25) is 4.79 Å². The second kappa shape index (κ2) is 8.68. The molecule has 0 aliphatic rings. The molecule has 0 radical (unpaired) electrons. The van der Waals surface area contributed by atoms with Gasteiger partial charge < -0.3 is 14.3 Å². The van der Waals surface area contributed by atoms with Crippen LogP contribution in [0.1, 0.15) is 5.56 Å². The summed E-state index contributed by atoms with van der Waals surface area (Å²) in [5, 5.41) is 12.4. The molecule has 6 nitrogen and oxygen atoms in total. The highest BCUT2D eigenvalue weighted by Crippen LogP contribution is 2.34. The van der Waals surface area contributed by atoms with Crippen molar-refractivity contribution in [2.45, 2.75) is 11.3 Å². The van der Waals surface area contributed by atoms with E-state index in [1.54, 1.807) is 35.9 Å². The summed E-state index contributed by atoms with van der Waals surface area (Å²) in [7, 11) is 1.71. The van der Waals surface area contributed by atoms with E-state index in [0.717, 1.165) is 35.3 Å². The summed E-state index contributed by atoms with van der Waals surface area (Å²) in [6.45, 7) is 0. The molecule has 0 fully saturated rings. The zero-order chi connectivity index (χ0) is 23.0. The van der Waals surface area contributed by atoms with Gasteiger partial charge in [0, 0.05) is 17.5 Å². The normalized spacial score (nSPS) is 11.8. The van der Waals surface area contributed by atoms with Gasteiger partial charge in [0.15, 0.2) is 16.7 Å². The molecule has 0 aliphatic carbocycles. The van der Waals surface area contributed by atoms with Crippen LogP contribution in [0.25, 0.3) is 22.6 Å². The lowest BCUT2D eigenvalue weighted by atomic mass is 10.2. The Kier molecular flexibility index (Phi) is 6.11. The van der Waals surface area contributed by atoms with Crippen LogP contribution < -0.4 is 5.32 Å². The first-order chi connectivity index (χ1) is 15.1. The lowest BCUT2D eigenvalue weighted by Crippen LogP contribution is -2.16. The van der Waals surface area contributed by atoms with Gasteiger partial charge in [0.2, 0.25) is 5.91 Å². The number of amides is 1. The number of carbonyl (C=O) groups is 1. The topological polar surface area (TPSA) is 73.0 Å². The predicted molar refractivity (Wildman–Crippen MR) is 117 cm³/mol. The molecule has 0 bridgehead atoms. The fraction of sp³-hybridized carbons (Fsp3) is 0.150. The summed E-state index contributed by atoms with van der Waals surface area (Å²) in [5.41, 5.74) is -0.388. The molecule has 166 valence electrons. The third-order valence-corrected chi connectivity index (χ3v) is 6.02. The zero-order valence-corrected chi connectivity index (χ0v) is 18.5. The van der Waals surface area contributed by atoms with Gasteiger partial charge in [-0.15, -0.1) is 10.2 Å². The minimum absolute atomic E-state index is 0.00211. The van der Waals surface area contributed by atoms with Gasteiger partial charge in [0.25, 0.3) is 0 Å². The van der Waals surface area contributed by atoms with Crippen molar-refractivity contribution >= 4 is 57.5 Å². The van der Waals surface area contributed by atoms with Crippen LogP contribution in [0.4, 0.5) is 18.9 Å². The van der Waals surface area contributed by atoms with Crippen molar-refractivity contribution < 1.29 is 22.4 Å². The Morgan fingerprint density at radius 3 is 2.69 bits per heavy atom. The summed E-state index contributed by atoms with van der Waals surface area (Å²) >= 11 is 13.0. The van der Waals surface area contributed by atoms with Crippen LogP contribution in [0, 0.1) is 0 Å². The third kappa shape index (κ3) is 4.72. The summed E-state index contributed by atoms with van der Waals surface area (Å²) in [4.78, 5) is 12.3. The minimum Gasteiger partial charge on any atom is -0.453 e. The quantitative estimate of drug-likeness (QED) is 0.326. The van der Waals surface area contributed by atoms with E-state index in [1.807, 2.05) is 0 Å². The molecule has 0 saturated carbocycles. The molecule has 0 saturated heterocycles. The maximum atomic E-state index is 12.9. The van der Waals surface area contributed by atoms with Gasteiger partial charge in [-0.05, 0) is 42.5 Å². The number of aromatic nitrogens is 3. The van der Waals surface area contributed by atoms with Gasteiger partial charge >= 0.3 is 6.18 Å². The van der Waals surface area contributed by atoms with E-state index in [-0.39, 0.29) is 16.5 Å². The Balaban J connectivity index is 1.46. The van der Waals surface area contributed by atoms with Crippen LogP contribution in [0.5, 0.6) is 0 Å². The Morgan fingerprint density at radius 2 is 1.94 bits per heavy atom. The number of nitrogens with one attached hydrogen (secondary N) is 1. The third-order valence-electron chi connectivity index (χ3n) is 4.43. The summed E-state index contributed by atoms with van der Waals surface area (Å²) in [5.74, 6) is 0.263. The fourth-order valence-corrected chi connectivity index (χ4v) is 3.95. The highest BCUT2D eigenvalue weighted by Gasteiger charge is 2.31. The molecule has 0 aliphatic heterocycles. The number of anilines is 1. The number of furan rings is 1. The van der Waals surface area contributed by atoms with Crippen LogP contribution in [0.3, 0.4) is 0 Å². The van der Waals surface area contributed by atoms with Crippen molar-refractivity contribution in [3.63, 3.8) is 0 Å². The van der Waals surface area contributed by atoms with E-state index >= 15 is 0 Å². The predicted octanol–water partition coefficient (Wildman–Crippen LogP) is 6.28. The first-order valence-corrected chi connectivity index (χ1v) is 10.7. The number of rotatable bonds is 5. The molecule has 2 aromatic heterocycles. The van der Waals surface area contributed by atoms with Crippen molar-refractivity contribution in [2.75, 3.05) is 11.1 Å². The van der Waals surface area contributed by atoms with Crippen molar-refractivity contribution in [1.29, 1.82) is 0 Å². The number of hydrogen-bond donors (Lipinski definition) is 1. The number of carbonyl (C=O) groups excluding carboxylic acids is 1. The Bertz CT molecular complexity index is 1320. The number of benzene rings is 2. The number of nitrogens with zero attached hydrogens (tertiary/aromatic N) is 3. The Morgan fingerprint density at radius 1 is 1.16 bits per heavy atom. The van der Waals surface area contributed by atoms with Crippen LogP contribution in [-0.2, 0) is 18.0 Å². The lowest BCUT2D eigenvalue weighted by Gasteiger charge is -2.11. The van der Waals surface area contributed by atoms with Crippen LogP contribution in [-0.4, -0.2) is 26.4 Å². The number of fused-ring (bicyclic) bond motifs is 1. The van der Waals surface area contributed by atoms with Gasteiger partial charge in [0.05, 0.1) is 22.0 Å². The monoisotopic (exact) mass is 500 g/mol. The van der Waals surface area contributed by atoms with Crippen molar-refractivity contribution in [3.8, 4) is 11.6 Å². The Labute approximate surface area is 193 Å². The first kappa shape index (κ1) is 22.5. The van der Waals surface area contributed by atoms with E-state index < -0.39 is 17.6 Å². The highest BCUT2D eigenvalue weighted by atomic mass is 35.5. The van der Waals surface area contributed by atoms with Crippen LogP contribution >= 0.6 is 35.0 Å². The number of halogens is 5. The maximum absolute atomic E-state index is 12.9. The molecule has 0 atom stereocenters. The van der Waals surface area contributed by atoms with Gasteiger partial charge in [-0.25, -0.2) is 0 Å². The molecule has 12 heteroatoms. The number of alkyl halides is 3. The second-order valence-corrected chi connectivity index (χ2v) is 8.47. The van der Waals surface area contributed by atoms with E-state index in [9.17, 15) is 18.0 Å². The molecular formula is C20H13Cl2F3N4O2S. The smallest absolute Gasteiger partial charge is 0.416 e. The van der Waals surface area contributed by atoms with Crippen LogP contribution in [0.15, 0.2) is 52.0 Å². The Hall–Kier alpha value is -2.69. The average molecular weight is 501 g/mol. The summed E-state index contributed by atoms with van der Waals surface area (Å²) < 4.78 is 46.1. The number of thioether (sulfide) groups is 1. The summed E-state index contributed by atoms with van der Waals surface area (Å²) in [6.07, 6.45) is -4.55. The molecule has 0 spiro atoms. The SMILES string of the molecule is Cn1c(SCC(=O)Nc2cc(C(F)(F)F)ccc2Cl)nnc1-c1cc2cc(Cl)ccc2o1. The first-order valence-electron chi connectivity index (χ1n) is 9.00. The maximum Gasteiger partial charge on any atom is 0.416 e. The van der Waals surface area contributed by atoms with Crippen LogP contribution in [0.2, 0.25) is 10.0 Å². The molecule has 32 heavy (non-hydrogen) atoms. The standard InChI is InChI=1S/C20H13Cl2F3N4O2S/c1-29-18(16-7-10-6-12(21)3-5-15(10)31-16)27-28-19(29)32-9-17(30)26-14-8-11(20(23,24)25)2-4-13(14)22/h2-8H,9H2,1H3,(H,26,30). The summed E-state index contributed by atoms with van der Waals surface area (Å²) in [6, 6.07) is 9.73. The van der Waals surface area contributed by atoms with Crippen molar-refractivity contribution in [2.24, 2.45) is 7.05 Å². The van der Waals surface area contributed by atoms with E-state index in [4.69, 9.17) is 27.6 Å². The van der Waals surface area contributed by atoms with Gasteiger partial charge in [-0.1, -0.05) is 35.0 Å². The van der Waals surface area contributed by atoms with Gasteiger partial charge in [0.1, 0.15) is 5.58 Å². The van der Waals surface area contributed by atoms with Gasteiger partial charge in [-0.2, -0.15) is 13.2 Å². The molecular weight excluding hydrogens is 488 g/mol. The molecule has 1 N–H and O–H groups in total. The van der Waals surface area contributed by atoms with E-state index in [0.29, 0.717) is 27.3 Å². The second-order valence-electron chi connectivity index (χ2n) is 6.69. The molecule has 0 unspecified atom stereocenters. The molecule has 1 amide bonds. The largest absolute Gasteiger partial charge is 0.453 e. The van der Waals surface area contributed by atoms with Crippen molar-refractivity contribution in [1.82, 2.24) is 14.8 Å². The molecule has 4 rings (SSSR count). The molecule has 4 aromatic rings. The fourth-order valence-electron chi connectivity index (χ4n) is 2.89. The highest BCUT2D eigenvalue weighted by molar-refractivity contribution is 7.99. The minimum atomic E-state index is -4.55. The van der Waals surface area contributed by atoms with Crippen molar-refractivity contribution in [3.05, 3.63) is 58.1 Å². The molecule has 2 aromatic carbocycles. The zero-order valence-electron chi connectivity index (χ0n) is 16.2. The van der Waals surface area contributed by atoms with E-state index in [1.165, 1.54) is 0 Å². The average Bonchev–Trinajstić information content (AvgIpc) is 3.29. The molecule has 2 heterocycles. The van der Waals surface area contributed by atoms with E-state index in [2.05, 4.69) is 15.5 Å². The lowest BCUT2D eigenvalue weighted by molar-refractivity contribution is -0.137. The number of hydrogen-bond acceptors (Lipinski definition) is 5.